The molecule has 1 fully saturated rings. The number of hydrogen-bond acceptors (Lipinski definition) is 5. The van der Waals surface area contributed by atoms with E-state index in [2.05, 4.69) is 4.98 Å². The second-order valence-corrected chi connectivity index (χ2v) is 5.69. The van der Waals surface area contributed by atoms with E-state index in [1.165, 1.54) is 0 Å². The number of amides is 1. The number of aromatic nitrogens is 1. The predicted molar refractivity (Wildman–Crippen MR) is 90.4 cm³/mol. The van der Waals surface area contributed by atoms with Crippen LogP contribution < -0.4 is 15.2 Å². The lowest BCUT2D eigenvalue weighted by molar-refractivity contribution is 0.0597. The number of nitrogens with two attached hydrogens (primary N) is 1. The highest BCUT2D eigenvalue weighted by molar-refractivity contribution is 5.97. The molecule has 0 aliphatic carbocycles. The van der Waals surface area contributed by atoms with Crippen LogP contribution >= 0.6 is 0 Å². The molecule has 0 unspecified atom stereocenters. The van der Waals surface area contributed by atoms with Crippen molar-refractivity contribution in [1.82, 2.24) is 9.88 Å². The molecule has 6 heteroatoms. The van der Waals surface area contributed by atoms with Gasteiger partial charge in [0, 0.05) is 44.0 Å². The van der Waals surface area contributed by atoms with Crippen LogP contribution in [0.15, 0.2) is 42.7 Å². The van der Waals surface area contributed by atoms with Gasteiger partial charge in [0.05, 0.1) is 12.7 Å². The second kappa shape index (κ2) is 7.31. The minimum absolute atomic E-state index is 0.0372. The van der Waals surface area contributed by atoms with Gasteiger partial charge < -0.3 is 20.1 Å². The first-order chi connectivity index (χ1) is 11.7. The molecule has 1 saturated heterocycles. The van der Waals surface area contributed by atoms with Crippen LogP contribution in [-0.4, -0.2) is 49.1 Å². The highest BCUT2D eigenvalue weighted by Crippen LogP contribution is 2.31. The molecule has 24 heavy (non-hydrogen) atoms. The van der Waals surface area contributed by atoms with E-state index >= 15 is 0 Å². The summed E-state index contributed by atoms with van der Waals surface area (Å²) < 4.78 is 10.8. The molecule has 6 nitrogen and oxygen atoms in total. The molecule has 1 aromatic carbocycles. The maximum Gasteiger partial charge on any atom is 0.257 e. The van der Waals surface area contributed by atoms with Crippen LogP contribution in [0.4, 0.5) is 0 Å². The zero-order chi connectivity index (χ0) is 16.9. The van der Waals surface area contributed by atoms with Crippen molar-refractivity contribution in [2.75, 3.05) is 33.4 Å². The molecule has 2 N–H and O–H groups in total. The van der Waals surface area contributed by atoms with Crippen LogP contribution in [0.5, 0.6) is 11.5 Å². The topological polar surface area (TPSA) is 77.7 Å². The lowest BCUT2D eigenvalue weighted by Gasteiger charge is -2.39. The molecule has 0 radical (unpaired) electrons. The molecular weight excluding hydrogens is 306 g/mol. The maximum absolute atomic E-state index is 12.7. The first kappa shape index (κ1) is 16.3. The number of likely N-dealkylation sites (tertiary alicyclic amines) is 1. The fraction of sp³-hybridized carbons (Fsp3) is 0.333. The van der Waals surface area contributed by atoms with E-state index in [4.69, 9.17) is 15.2 Å². The van der Waals surface area contributed by atoms with E-state index in [-0.39, 0.29) is 5.91 Å². The van der Waals surface area contributed by atoms with Crippen LogP contribution in [-0.2, 0) is 0 Å². The van der Waals surface area contributed by atoms with Crippen molar-refractivity contribution in [3.8, 4) is 11.5 Å². The number of hydrogen-bond donors (Lipinski definition) is 1. The summed E-state index contributed by atoms with van der Waals surface area (Å²) in [4.78, 5) is 18.7. The zero-order valence-corrected chi connectivity index (χ0v) is 13.6. The minimum atomic E-state index is -0.0372. The molecule has 0 spiro atoms. The Morgan fingerprint density at radius 3 is 2.88 bits per heavy atom. The number of carbonyl (C=O) groups is 1. The van der Waals surface area contributed by atoms with Gasteiger partial charge in [0.15, 0.2) is 0 Å². The summed E-state index contributed by atoms with van der Waals surface area (Å²) in [5.41, 5.74) is 7.19. The third kappa shape index (κ3) is 3.33. The summed E-state index contributed by atoms with van der Waals surface area (Å²) in [7, 11) is 1.58. The second-order valence-electron chi connectivity index (χ2n) is 5.69. The average Bonchev–Trinajstić information content (AvgIpc) is 2.59. The molecule has 1 aliphatic heterocycles. The first-order valence-corrected chi connectivity index (χ1v) is 7.93. The summed E-state index contributed by atoms with van der Waals surface area (Å²) in [6.07, 6.45) is 3.61. The van der Waals surface area contributed by atoms with Gasteiger partial charge in [-0.3, -0.25) is 9.78 Å². The van der Waals surface area contributed by atoms with Gasteiger partial charge in [-0.15, -0.1) is 0 Å². The molecule has 3 rings (SSSR count). The van der Waals surface area contributed by atoms with Crippen molar-refractivity contribution in [2.24, 2.45) is 5.73 Å². The Balaban J connectivity index is 1.71. The van der Waals surface area contributed by atoms with E-state index in [1.807, 2.05) is 23.2 Å². The van der Waals surface area contributed by atoms with Crippen LogP contribution in [0.1, 0.15) is 21.8 Å². The third-order valence-electron chi connectivity index (χ3n) is 4.12. The zero-order valence-electron chi connectivity index (χ0n) is 13.6. The Labute approximate surface area is 141 Å². The third-order valence-corrected chi connectivity index (χ3v) is 4.12. The molecule has 0 saturated carbocycles. The van der Waals surface area contributed by atoms with Gasteiger partial charge in [0.25, 0.3) is 5.91 Å². The van der Waals surface area contributed by atoms with Gasteiger partial charge in [-0.25, -0.2) is 0 Å². The van der Waals surface area contributed by atoms with Crippen LogP contribution in [0.2, 0.25) is 0 Å². The van der Waals surface area contributed by atoms with Crippen molar-refractivity contribution in [3.05, 3.63) is 53.9 Å². The van der Waals surface area contributed by atoms with E-state index < -0.39 is 0 Å². The molecule has 2 aromatic rings. The summed E-state index contributed by atoms with van der Waals surface area (Å²) in [6, 6.07) is 9.19. The number of pyridine rings is 1. The van der Waals surface area contributed by atoms with Gasteiger partial charge in [-0.2, -0.15) is 0 Å². The van der Waals surface area contributed by atoms with E-state index in [0.717, 1.165) is 5.56 Å². The number of nitrogens with zero attached hydrogens (tertiary/aromatic N) is 2. The van der Waals surface area contributed by atoms with Gasteiger partial charge in [-0.05, 0) is 23.8 Å². The predicted octanol–water partition coefficient (Wildman–Crippen LogP) is 1.67. The summed E-state index contributed by atoms with van der Waals surface area (Å²) in [5, 5.41) is 0. The van der Waals surface area contributed by atoms with Gasteiger partial charge in [0.2, 0.25) is 0 Å². The van der Waals surface area contributed by atoms with Crippen molar-refractivity contribution in [3.63, 3.8) is 0 Å². The molecule has 1 aromatic heterocycles. The largest absolute Gasteiger partial charge is 0.497 e. The van der Waals surface area contributed by atoms with E-state index in [9.17, 15) is 4.79 Å². The molecule has 0 atom stereocenters. The smallest absolute Gasteiger partial charge is 0.257 e. The van der Waals surface area contributed by atoms with Crippen molar-refractivity contribution in [1.29, 1.82) is 0 Å². The number of carbonyl (C=O) groups excluding carboxylic acids is 1. The Morgan fingerprint density at radius 2 is 2.21 bits per heavy atom. The molecule has 2 heterocycles. The first-order valence-electron chi connectivity index (χ1n) is 7.93. The molecule has 1 aliphatic rings. The van der Waals surface area contributed by atoms with Gasteiger partial charge in [-0.1, -0.05) is 6.07 Å². The maximum atomic E-state index is 12.7. The van der Waals surface area contributed by atoms with Crippen LogP contribution in [0.3, 0.4) is 0 Å². The monoisotopic (exact) mass is 327 g/mol. The van der Waals surface area contributed by atoms with Crippen molar-refractivity contribution < 1.29 is 14.3 Å². The van der Waals surface area contributed by atoms with Crippen molar-refractivity contribution >= 4 is 5.91 Å². The highest BCUT2D eigenvalue weighted by atomic mass is 16.5. The van der Waals surface area contributed by atoms with Crippen LogP contribution in [0.25, 0.3) is 0 Å². The summed E-state index contributed by atoms with van der Waals surface area (Å²) in [5.74, 6) is 1.46. The number of ether oxygens (including phenoxy) is 2. The Morgan fingerprint density at radius 1 is 1.38 bits per heavy atom. The highest BCUT2D eigenvalue weighted by Gasteiger charge is 2.33. The average molecular weight is 327 g/mol. The fourth-order valence-corrected chi connectivity index (χ4v) is 2.74. The number of methoxy groups -OCH3 is 1. The summed E-state index contributed by atoms with van der Waals surface area (Å²) >= 11 is 0. The Kier molecular flexibility index (Phi) is 4.96. The SMILES string of the molecule is COc1ccc(C(=O)N2CC(c3cccnc3)C2)c(OCCN)c1. The van der Waals surface area contributed by atoms with Crippen molar-refractivity contribution in [2.45, 2.75) is 5.92 Å². The standard InChI is InChI=1S/C18H21N3O3/c1-23-15-4-5-16(17(9-15)24-8-6-19)18(22)21-11-14(12-21)13-3-2-7-20-10-13/h2-5,7,9-10,14H,6,8,11-12,19H2,1H3. The Hall–Kier alpha value is -2.60. The quantitative estimate of drug-likeness (QED) is 0.873. The lowest BCUT2D eigenvalue weighted by Crippen LogP contribution is -2.48. The van der Waals surface area contributed by atoms with E-state index in [1.54, 1.807) is 31.5 Å². The Bertz CT molecular complexity index is 700. The number of benzene rings is 1. The van der Waals surface area contributed by atoms with Crippen LogP contribution in [0, 0.1) is 0 Å². The summed E-state index contributed by atoms with van der Waals surface area (Å²) in [6.45, 7) is 2.11. The fourth-order valence-electron chi connectivity index (χ4n) is 2.74. The van der Waals surface area contributed by atoms with Gasteiger partial charge >= 0.3 is 0 Å². The van der Waals surface area contributed by atoms with E-state index in [0.29, 0.717) is 49.2 Å². The molecule has 126 valence electrons. The molecule has 1 amide bonds. The molecular formula is C18H21N3O3. The number of rotatable bonds is 6. The normalized spacial score (nSPS) is 14.2. The lowest BCUT2D eigenvalue weighted by atomic mass is 9.92. The van der Waals surface area contributed by atoms with Gasteiger partial charge in [0.1, 0.15) is 18.1 Å². The molecule has 0 bridgehead atoms. The minimum Gasteiger partial charge on any atom is -0.497 e.